The summed E-state index contributed by atoms with van der Waals surface area (Å²) in [6.45, 7) is 6.85. The molecule has 11 heteroatoms. The molecule has 2 aliphatic rings. The fourth-order valence-electron chi connectivity index (χ4n) is 6.79. The van der Waals surface area contributed by atoms with E-state index in [-0.39, 0.29) is 42.3 Å². The maximum absolute atomic E-state index is 13.2. The Morgan fingerprint density at radius 3 is 2.13 bits per heavy atom. The summed E-state index contributed by atoms with van der Waals surface area (Å²) in [6.07, 6.45) is 3.33. The number of hydrogen-bond donors (Lipinski definition) is 4. The molecular weight excluding hydrogens is 568 g/mol. The van der Waals surface area contributed by atoms with Crippen LogP contribution in [0.25, 0.3) is 0 Å². The summed E-state index contributed by atoms with van der Waals surface area (Å²) >= 11 is 0. The van der Waals surface area contributed by atoms with Crippen molar-refractivity contribution in [3.05, 3.63) is 81.4 Å². The second-order valence-electron chi connectivity index (χ2n) is 12.4. The van der Waals surface area contributed by atoms with Crippen molar-refractivity contribution in [1.82, 2.24) is 36.0 Å². The van der Waals surface area contributed by atoms with E-state index in [1.807, 2.05) is 43.3 Å². The summed E-state index contributed by atoms with van der Waals surface area (Å²) in [5.41, 5.74) is 4.23. The zero-order valence-electron chi connectivity index (χ0n) is 26.7. The summed E-state index contributed by atoms with van der Waals surface area (Å²) in [5, 5.41) is 26.4. The minimum atomic E-state index is -0.869. The van der Waals surface area contributed by atoms with E-state index in [1.165, 1.54) is 0 Å². The molecule has 4 N–H and O–H groups in total. The monoisotopic (exact) mass is 610 g/mol. The minimum absolute atomic E-state index is 0.0907. The van der Waals surface area contributed by atoms with Crippen LogP contribution >= 0.6 is 0 Å². The molecule has 2 atom stereocenters. The molecule has 1 aromatic heterocycles. The van der Waals surface area contributed by atoms with Crippen molar-refractivity contribution in [2.24, 2.45) is 0 Å². The van der Waals surface area contributed by atoms with Crippen LogP contribution in [0, 0.1) is 11.3 Å². The molecule has 1 aliphatic heterocycles. The topological polar surface area (TPSA) is 156 Å². The first-order valence-electron chi connectivity index (χ1n) is 15.7. The Bertz CT molecular complexity index is 1570. The van der Waals surface area contributed by atoms with Gasteiger partial charge in [0.2, 0.25) is 5.91 Å². The number of aromatic amines is 1. The Kier molecular flexibility index (Phi) is 9.34. The molecule has 3 amide bonds. The van der Waals surface area contributed by atoms with Crippen molar-refractivity contribution >= 4 is 17.7 Å². The number of likely N-dealkylation sites (tertiary alicyclic amines) is 1. The molecule has 0 bridgehead atoms. The van der Waals surface area contributed by atoms with Crippen molar-refractivity contribution in [2.45, 2.75) is 76.3 Å². The van der Waals surface area contributed by atoms with Crippen LogP contribution in [0.3, 0.4) is 0 Å². The molecule has 0 saturated carbocycles. The molecule has 0 spiro atoms. The number of rotatable bonds is 9. The Morgan fingerprint density at radius 2 is 1.62 bits per heavy atom. The molecule has 0 radical (unpaired) electrons. The van der Waals surface area contributed by atoms with Crippen LogP contribution < -0.4 is 16.0 Å². The highest BCUT2D eigenvalue weighted by Gasteiger charge is 2.46. The van der Waals surface area contributed by atoms with Crippen molar-refractivity contribution in [1.29, 1.82) is 5.26 Å². The highest BCUT2D eigenvalue weighted by atomic mass is 16.2. The number of nitrogens with zero attached hydrogens (tertiary/aromatic N) is 4. The first-order chi connectivity index (χ1) is 21.6. The lowest BCUT2D eigenvalue weighted by molar-refractivity contribution is -0.130. The van der Waals surface area contributed by atoms with Gasteiger partial charge in [-0.2, -0.15) is 10.4 Å². The lowest BCUT2D eigenvalue weighted by atomic mass is 9.67. The fourth-order valence-corrected chi connectivity index (χ4v) is 6.79. The Balaban J connectivity index is 1.65. The molecule has 236 valence electrons. The van der Waals surface area contributed by atoms with Gasteiger partial charge >= 0.3 is 0 Å². The number of benzene rings is 2. The predicted molar refractivity (Wildman–Crippen MR) is 170 cm³/mol. The van der Waals surface area contributed by atoms with Crippen LogP contribution in [0.15, 0.2) is 36.4 Å². The average molecular weight is 611 g/mol. The van der Waals surface area contributed by atoms with Crippen LogP contribution in [-0.4, -0.2) is 77.1 Å². The second-order valence-corrected chi connectivity index (χ2v) is 12.4. The number of aromatic nitrogens is 3. The zero-order valence-corrected chi connectivity index (χ0v) is 26.7. The van der Waals surface area contributed by atoms with E-state index in [9.17, 15) is 19.6 Å². The third-order valence-electron chi connectivity index (χ3n) is 9.14. The van der Waals surface area contributed by atoms with Crippen molar-refractivity contribution < 1.29 is 14.4 Å². The minimum Gasteiger partial charge on any atom is -0.355 e. The third-order valence-corrected chi connectivity index (χ3v) is 9.14. The van der Waals surface area contributed by atoms with E-state index in [0.29, 0.717) is 49.2 Å². The number of amides is 3. The first kappa shape index (κ1) is 31.9. The van der Waals surface area contributed by atoms with Gasteiger partial charge in [0.15, 0.2) is 5.82 Å². The lowest BCUT2D eigenvalue weighted by Gasteiger charge is -2.37. The Morgan fingerprint density at radius 1 is 1.02 bits per heavy atom. The van der Waals surface area contributed by atoms with Gasteiger partial charge in [-0.25, -0.2) is 4.98 Å². The largest absolute Gasteiger partial charge is 0.355 e. The number of aryl methyl sites for hydroxylation is 2. The van der Waals surface area contributed by atoms with Gasteiger partial charge in [-0.3, -0.25) is 19.5 Å². The van der Waals surface area contributed by atoms with Crippen molar-refractivity contribution in [3.63, 3.8) is 0 Å². The number of H-pyrrole nitrogens is 1. The molecule has 0 unspecified atom stereocenters. The van der Waals surface area contributed by atoms with Crippen LogP contribution in [-0.2, 0) is 23.1 Å². The molecule has 5 rings (SSSR count). The number of carbonyl (C=O) groups is 3. The van der Waals surface area contributed by atoms with Crippen LogP contribution in [0.5, 0.6) is 0 Å². The Labute approximate surface area is 264 Å². The standard InChI is InChI=1S/C34H42N8O3/c1-20(2)30-39-33(41-40-30)34(17-21(3)38-19-29(43)42-14-6-7-26(42)18-35)27-12-10-24(31(44)36-4)15-22(27)8-9-23-16-25(32(45)37-5)11-13-28(23)34/h10-13,15-16,20-21,26,38H,6-9,14,17,19H2,1-5H3,(H,36,44)(H,37,45)(H,39,40,41)/t21-,26-/m0/s1. The number of hydrogen-bond acceptors (Lipinski definition) is 7. The van der Waals surface area contributed by atoms with Crippen LogP contribution in [0.4, 0.5) is 0 Å². The Hall–Kier alpha value is -4.56. The highest BCUT2D eigenvalue weighted by molar-refractivity contribution is 5.95. The SMILES string of the molecule is CNC(=O)c1ccc2c(c1)CCc1cc(C(=O)NC)ccc1C2(C[C@H](C)NCC(=O)N1CCC[C@H]1C#N)c1n[nH]c(C(C)C)n1. The van der Waals surface area contributed by atoms with E-state index >= 15 is 0 Å². The number of nitriles is 1. The van der Waals surface area contributed by atoms with Gasteiger partial charge in [0.1, 0.15) is 11.9 Å². The van der Waals surface area contributed by atoms with Gasteiger partial charge in [0.25, 0.3) is 11.8 Å². The van der Waals surface area contributed by atoms with Crippen LogP contribution in [0.2, 0.25) is 0 Å². The molecule has 1 saturated heterocycles. The highest BCUT2D eigenvalue weighted by Crippen LogP contribution is 2.47. The van der Waals surface area contributed by atoms with Crippen LogP contribution in [0.1, 0.15) is 101 Å². The molecule has 1 aliphatic carbocycles. The summed E-state index contributed by atoms with van der Waals surface area (Å²) in [5.74, 6) is 1.04. The first-order valence-corrected chi connectivity index (χ1v) is 15.7. The van der Waals surface area contributed by atoms with E-state index in [0.717, 1.165) is 34.5 Å². The molecule has 45 heavy (non-hydrogen) atoms. The van der Waals surface area contributed by atoms with E-state index in [4.69, 9.17) is 10.1 Å². The maximum Gasteiger partial charge on any atom is 0.251 e. The molecule has 11 nitrogen and oxygen atoms in total. The average Bonchev–Trinajstić information content (AvgIpc) is 3.73. The molecule has 2 aromatic carbocycles. The summed E-state index contributed by atoms with van der Waals surface area (Å²) in [4.78, 5) is 45.3. The quantitative estimate of drug-likeness (QED) is 0.290. The molecule has 2 heterocycles. The zero-order chi connectivity index (χ0) is 32.3. The molecular formula is C34H42N8O3. The maximum atomic E-state index is 13.2. The van der Waals surface area contributed by atoms with Crippen molar-refractivity contribution in [2.75, 3.05) is 27.2 Å². The number of carbonyl (C=O) groups excluding carboxylic acids is 3. The second kappa shape index (κ2) is 13.2. The van der Waals surface area contributed by atoms with E-state index in [1.54, 1.807) is 19.0 Å². The smallest absolute Gasteiger partial charge is 0.251 e. The predicted octanol–water partition coefficient (Wildman–Crippen LogP) is 2.96. The number of fused-ring (bicyclic) bond motifs is 2. The van der Waals surface area contributed by atoms with E-state index in [2.05, 4.69) is 41.0 Å². The summed E-state index contributed by atoms with van der Waals surface area (Å²) in [7, 11) is 3.23. The van der Waals surface area contributed by atoms with E-state index < -0.39 is 5.41 Å². The van der Waals surface area contributed by atoms with Gasteiger partial charge in [0.05, 0.1) is 18.0 Å². The van der Waals surface area contributed by atoms with Gasteiger partial charge < -0.3 is 20.9 Å². The molecule has 3 aromatic rings. The normalized spacial score (nSPS) is 17.5. The van der Waals surface area contributed by atoms with Gasteiger partial charge in [-0.1, -0.05) is 26.0 Å². The van der Waals surface area contributed by atoms with Gasteiger partial charge in [0, 0.05) is 43.7 Å². The fraction of sp³-hybridized carbons (Fsp3) is 0.471. The summed E-state index contributed by atoms with van der Waals surface area (Å²) in [6, 6.07) is 13.3. The van der Waals surface area contributed by atoms with Crippen molar-refractivity contribution in [3.8, 4) is 6.07 Å². The van der Waals surface area contributed by atoms with Gasteiger partial charge in [-0.15, -0.1) is 0 Å². The molecule has 1 fully saturated rings. The summed E-state index contributed by atoms with van der Waals surface area (Å²) < 4.78 is 0. The third kappa shape index (κ3) is 6.07. The lowest BCUT2D eigenvalue weighted by Crippen LogP contribution is -2.45. The number of nitrogens with one attached hydrogen (secondary N) is 4. The van der Waals surface area contributed by atoms with Gasteiger partial charge in [-0.05, 0) is 85.5 Å².